The first kappa shape index (κ1) is 16.3. The van der Waals surface area contributed by atoms with Crippen molar-refractivity contribution in [2.24, 2.45) is 0 Å². The molecule has 0 aromatic heterocycles. The van der Waals surface area contributed by atoms with Crippen LogP contribution in [0, 0.1) is 0 Å². The number of carboxylic acids is 1. The molecule has 0 saturated carbocycles. The number of benzene rings is 1. The van der Waals surface area contributed by atoms with E-state index in [1.54, 1.807) is 7.05 Å². The van der Waals surface area contributed by atoms with Gasteiger partial charge in [0.1, 0.15) is 0 Å². The van der Waals surface area contributed by atoms with Gasteiger partial charge >= 0.3 is 12.0 Å². The van der Waals surface area contributed by atoms with Gasteiger partial charge in [-0.2, -0.15) is 0 Å². The lowest BCUT2D eigenvalue weighted by Crippen LogP contribution is -2.43. The van der Waals surface area contributed by atoms with E-state index in [2.05, 4.69) is 5.32 Å². The average Bonchev–Trinajstić information content (AvgIpc) is 3.04. The van der Waals surface area contributed by atoms with Crippen LogP contribution in [0.3, 0.4) is 0 Å². The molecule has 0 bridgehead atoms. The van der Waals surface area contributed by atoms with E-state index in [1.165, 1.54) is 4.90 Å². The zero-order chi connectivity index (χ0) is 15.9. The largest absolute Gasteiger partial charge is 0.481 e. The maximum Gasteiger partial charge on any atom is 0.317 e. The number of aliphatic carboxylic acids is 1. The van der Waals surface area contributed by atoms with Gasteiger partial charge in [-0.1, -0.05) is 30.3 Å². The SMILES string of the molecule is CN(CCC(=O)O)C(=O)NC(c1ccccc1)C1CCCO1. The number of carbonyl (C=O) groups excluding carboxylic acids is 1. The van der Waals surface area contributed by atoms with Crippen molar-refractivity contribution in [2.75, 3.05) is 20.2 Å². The Morgan fingerprint density at radius 3 is 2.73 bits per heavy atom. The Hall–Kier alpha value is -2.08. The van der Waals surface area contributed by atoms with Crippen LogP contribution >= 0.6 is 0 Å². The second-order valence-electron chi connectivity index (χ2n) is 5.45. The molecule has 0 radical (unpaired) electrons. The summed E-state index contributed by atoms with van der Waals surface area (Å²) in [6, 6.07) is 9.20. The first-order valence-corrected chi connectivity index (χ1v) is 7.48. The predicted molar refractivity (Wildman–Crippen MR) is 81.6 cm³/mol. The summed E-state index contributed by atoms with van der Waals surface area (Å²) in [5.41, 5.74) is 0.995. The van der Waals surface area contributed by atoms with Crippen molar-refractivity contribution in [1.29, 1.82) is 0 Å². The lowest BCUT2D eigenvalue weighted by Gasteiger charge is -2.27. The summed E-state index contributed by atoms with van der Waals surface area (Å²) in [5, 5.41) is 11.7. The highest BCUT2D eigenvalue weighted by Gasteiger charge is 2.29. The molecule has 1 aliphatic rings. The van der Waals surface area contributed by atoms with Gasteiger partial charge in [-0.25, -0.2) is 4.79 Å². The summed E-state index contributed by atoms with van der Waals surface area (Å²) in [7, 11) is 1.59. The highest BCUT2D eigenvalue weighted by Crippen LogP contribution is 2.27. The number of nitrogens with zero attached hydrogens (tertiary/aromatic N) is 1. The Labute approximate surface area is 130 Å². The molecule has 6 heteroatoms. The molecular weight excluding hydrogens is 284 g/mol. The van der Waals surface area contributed by atoms with Crippen LogP contribution in [0.4, 0.5) is 4.79 Å². The summed E-state index contributed by atoms with van der Waals surface area (Å²) in [5.74, 6) is -0.918. The molecule has 2 atom stereocenters. The maximum absolute atomic E-state index is 12.3. The molecule has 22 heavy (non-hydrogen) atoms. The number of nitrogens with one attached hydrogen (secondary N) is 1. The summed E-state index contributed by atoms with van der Waals surface area (Å²) < 4.78 is 5.72. The number of hydrogen-bond donors (Lipinski definition) is 2. The van der Waals surface area contributed by atoms with Gasteiger partial charge in [0.05, 0.1) is 18.6 Å². The fourth-order valence-corrected chi connectivity index (χ4v) is 2.52. The van der Waals surface area contributed by atoms with Gasteiger partial charge in [0.15, 0.2) is 0 Å². The second kappa shape index (κ2) is 7.79. The number of rotatable bonds is 6. The van der Waals surface area contributed by atoms with E-state index in [1.807, 2.05) is 30.3 Å². The van der Waals surface area contributed by atoms with E-state index in [0.717, 1.165) is 18.4 Å². The normalized spacial score (nSPS) is 18.7. The molecule has 1 aromatic carbocycles. The maximum atomic E-state index is 12.3. The van der Waals surface area contributed by atoms with Crippen molar-refractivity contribution < 1.29 is 19.4 Å². The third-order valence-electron chi connectivity index (χ3n) is 3.78. The minimum atomic E-state index is -0.918. The predicted octanol–water partition coefficient (Wildman–Crippen LogP) is 2.02. The third-order valence-corrected chi connectivity index (χ3v) is 3.78. The monoisotopic (exact) mass is 306 g/mol. The van der Waals surface area contributed by atoms with Crippen LogP contribution in [-0.2, 0) is 9.53 Å². The number of amides is 2. The Morgan fingerprint density at radius 1 is 1.41 bits per heavy atom. The molecule has 1 aliphatic heterocycles. The minimum absolute atomic E-state index is 0.0424. The van der Waals surface area contributed by atoms with Crippen LogP contribution in [0.5, 0.6) is 0 Å². The van der Waals surface area contributed by atoms with Gasteiger partial charge in [-0.15, -0.1) is 0 Å². The Bertz CT molecular complexity index is 500. The van der Waals surface area contributed by atoms with Gasteiger partial charge in [0, 0.05) is 20.2 Å². The number of carbonyl (C=O) groups is 2. The molecule has 1 aromatic rings. The molecule has 2 N–H and O–H groups in total. The minimum Gasteiger partial charge on any atom is -0.481 e. The molecule has 1 heterocycles. The van der Waals surface area contributed by atoms with E-state index in [-0.39, 0.29) is 31.1 Å². The van der Waals surface area contributed by atoms with Crippen molar-refractivity contribution in [3.8, 4) is 0 Å². The van der Waals surface area contributed by atoms with Crippen LogP contribution in [0.15, 0.2) is 30.3 Å². The van der Waals surface area contributed by atoms with E-state index in [0.29, 0.717) is 6.61 Å². The summed E-state index contributed by atoms with van der Waals surface area (Å²) in [4.78, 5) is 24.3. The number of carboxylic acid groups (broad SMARTS) is 1. The zero-order valence-corrected chi connectivity index (χ0v) is 12.7. The van der Waals surface area contributed by atoms with E-state index >= 15 is 0 Å². The molecule has 1 saturated heterocycles. The molecule has 1 fully saturated rings. The van der Waals surface area contributed by atoms with Crippen LogP contribution in [0.2, 0.25) is 0 Å². The molecule has 120 valence electrons. The summed E-state index contributed by atoms with van der Waals surface area (Å²) in [6.07, 6.45) is 1.77. The average molecular weight is 306 g/mol. The lowest BCUT2D eigenvalue weighted by atomic mass is 9.99. The van der Waals surface area contributed by atoms with E-state index < -0.39 is 5.97 Å². The fourth-order valence-electron chi connectivity index (χ4n) is 2.52. The smallest absolute Gasteiger partial charge is 0.317 e. The Balaban J connectivity index is 2.03. The van der Waals surface area contributed by atoms with E-state index in [4.69, 9.17) is 9.84 Å². The highest BCUT2D eigenvalue weighted by molar-refractivity contribution is 5.75. The molecule has 6 nitrogen and oxygen atoms in total. The standard InChI is InChI=1S/C16H22N2O4/c1-18(10-9-14(19)20)16(21)17-15(13-8-5-11-22-13)12-6-3-2-4-7-12/h2-4,6-7,13,15H,5,8-11H2,1H3,(H,17,21)(H,19,20). The van der Waals surface area contributed by atoms with Crippen molar-refractivity contribution in [3.63, 3.8) is 0 Å². The van der Waals surface area contributed by atoms with Crippen LogP contribution in [0.1, 0.15) is 30.9 Å². The molecule has 2 rings (SSSR count). The number of hydrogen-bond acceptors (Lipinski definition) is 3. The fraction of sp³-hybridized carbons (Fsp3) is 0.500. The van der Waals surface area contributed by atoms with Crippen molar-refractivity contribution >= 4 is 12.0 Å². The van der Waals surface area contributed by atoms with E-state index in [9.17, 15) is 9.59 Å². The van der Waals surface area contributed by atoms with Gasteiger partial charge in [-0.3, -0.25) is 4.79 Å². The van der Waals surface area contributed by atoms with Crippen molar-refractivity contribution in [1.82, 2.24) is 10.2 Å². The Kier molecular flexibility index (Phi) is 5.77. The van der Waals surface area contributed by atoms with Crippen LogP contribution in [0.25, 0.3) is 0 Å². The highest BCUT2D eigenvalue weighted by atomic mass is 16.5. The zero-order valence-electron chi connectivity index (χ0n) is 12.7. The molecule has 0 spiro atoms. The van der Waals surface area contributed by atoms with Crippen LogP contribution in [-0.4, -0.2) is 48.3 Å². The van der Waals surface area contributed by atoms with Crippen molar-refractivity contribution in [2.45, 2.75) is 31.4 Å². The molecule has 2 amide bonds. The van der Waals surface area contributed by atoms with Crippen molar-refractivity contribution in [3.05, 3.63) is 35.9 Å². The summed E-state index contributed by atoms with van der Waals surface area (Å²) >= 11 is 0. The quantitative estimate of drug-likeness (QED) is 0.843. The Morgan fingerprint density at radius 2 is 2.14 bits per heavy atom. The van der Waals surface area contributed by atoms with Gasteiger partial charge in [0.25, 0.3) is 0 Å². The van der Waals surface area contributed by atoms with Gasteiger partial charge < -0.3 is 20.1 Å². The summed E-state index contributed by atoms with van der Waals surface area (Å²) in [6.45, 7) is 0.882. The van der Waals surface area contributed by atoms with Crippen LogP contribution < -0.4 is 5.32 Å². The second-order valence-corrected chi connectivity index (χ2v) is 5.45. The molecule has 0 aliphatic carbocycles. The van der Waals surface area contributed by atoms with Gasteiger partial charge in [0.2, 0.25) is 0 Å². The molecular formula is C16H22N2O4. The first-order valence-electron chi connectivity index (χ1n) is 7.48. The van der Waals surface area contributed by atoms with Gasteiger partial charge in [-0.05, 0) is 18.4 Å². The topological polar surface area (TPSA) is 78.9 Å². The number of urea groups is 1. The molecule has 2 unspecified atom stereocenters. The lowest BCUT2D eigenvalue weighted by molar-refractivity contribution is -0.137. The number of ether oxygens (including phenoxy) is 1. The first-order chi connectivity index (χ1) is 10.6. The third kappa shape index (κ3) is 4.46.